The number of anilines is 1. The predicted octanol–water partition coefficient (Wildman–Crippen LogP) is 5.70. The van der Waals surface area contributed by atoms with Crippen LogP contribution in [-0.4, -0.2) is 37.5 Å². The van der Waals surface area contributed by atoms with E-state index < -0.39 is 0 Å². The van der Waals surface area contributed by atoms with Crippen LogP contribution in [0.15, 0.2) is 23.6 Å². The number of ether oxygens (including phenoxy) is 3. The Kier molecular flexibility index (Phi) is 6.74. The molecule has 1 aromatic carbocycles. The minimum atomic E-state index is 0.319. The molecule has 33 heavy (non-hydrogen) atoms. The molecule has 0 spiro atoms. The van der Waals surface area contributed by atoms with Gasteiger partial charge in [0.05, 0.1) is 32.9 Å². The Morgan fingerprint density at radius 3 is 2.52 bits per heavy atom. The molecule has 0 radical (unpaired) electrons. The van der Waals surface area contributed by atoms with Crippen molar-refractivity contribution in [2.45, 2.75) is 46.5 Å². The standard InChI is InChI=1S/C25H32N4O3S/c1-7-25(2,3)16-8-9-20-17(12-16)21-23(26-14-27-24(21)33-20)29-28-13-15-10-18(30-4)22(32-6)19(11-15)31-5/h10-11,13-14,16H,7-9,12H2,1-6H3,(H,26,27,29)/b28-13+. The summed E-state index contributed by atoms with van der Waals surface area (Å²) in [6.07, 6.45) is 7.91. The third-order valence-corrected chi connectivity index (χ3v) is 8.13. The van der Waals surface area contributed by atoms with Crippen LogP contribution >= 0.6 is 11.3 Å². The van der Waals surface area contributed by atoms with E-state index in [0.717, 1.165) is 34.4 Å². The second-order valence-corrected chi connectivity index (χ2v) is 10.1. The minimum Gasteiger partial charge on any atom is -0.493 e. The molecule has 7 nitrogen and oxygen atoms in total. The molecule has 176 valence electrons. The molecular formula is C25H32N4O3S. The van der Waals surface area contributed by atoms with E-state index in [2.05, 4.69) is 41.3 Å². The number of methoxy groups -OCH3 is 3. The Labute approximate surface area is 199 Å². The summed E-state index contributed by atoms with van der Waals surface area (Å²) in [5.74, 6) is 3.12. The molecule has 0 saturated heterocycles. The summed E-state index contributed by atoms with van der Waals surface area (Å²) in [6.45, 7) is 7.05. The number of nitrogens with zero attached hydrogens (tertiary/aromatic N) is 3. The van der Waals surface area contributed by atoms with Gasteiger partial charge in [-0.3, -0.25) is 5.43 Å². The number of hydrazone groups is 1. The molecule has 0 aliphatic heterocycles. The minimum absolute atomic E-state index is 0.319. The molecule has 1 atom stereocenters. The van der Waals surface area contributed by atoms with Gasteiger partial charge in [-0.2, -0.15) is 5.10 Å². The van der Waals surface area contributed by atoms with Gasteiger partial charge in [-0.05, 0) is 48.3 Å². The first-order valence-electron chi connectivity index (χ1n) is 11.3. The summed E-state index contributed by atoms with van der Waals surface area (Å²) >= 11 is 1.79. The smallest absolute Gasteiger partial charge is 0.203 e. The number of rotatable bonds is 8. The normalized spacial score (nSPS) is 16.1. The average Bonchev–Trinajstić information content (AvgIpc) is 3.22. The molecule has 0 amide bonds. The molecule has 0 bridgehead atoms. The first-order chi connectivity index (χ1) is 15.9. The SMILES string of the molecule is CCC(C)(C)C1CCc2sc3ncnc(N/N=C/c4cc(OC)c(OC)c(OC)c4)c3c2C1. The molecule has 1 aliphatic rings. The van der Waals surface area contributed by atoms with Crippen LogP contribution in [0.1, 0.15) is 49.6 Å². The third-order valence-electron chi connectivity index (χ3n) is 6.93. The number of thiophene rings is 1. The lowest BCUT2D eigenvalue weighted by atomic mass is 9.69. The highest BCUT2D eigenvalue weighted by atomic mass is 32.1. The molecule has 1 unspecified atom stereocenters. The van der Waals surface area contributed by atoms with Crippen molar-refractivity contribution in [3.05, 3.63) is 34.5 Å². The summed E-state index contributed by atoms with van der Waals surface area (Å²) in [5, 5.41) is 5.58. The molecule has 0 fully saturated rings. The zero-order valence-corrected chi connectivity index (χ0v) is 21.0. The Morgan fingerprint density at radius 2 is 1.88 bits per heavy atom. The van der Waals surface area contributed by atoms with E-state index in [9.17, 15) is 0 Å². The molecule has 8 heteroatoms. The first kappa shape index (κ1) is 23.3. The van der Waals surface area contributed by atoms with Crippen molar-refractivity contribution in [2.75, 3.05) is 26.8 Å². The number of hydrogen-bond donors (Lipinski definition) is 1. The van der Waals surface area contributed by atoms with Crippen molar-refractivity contribution in [3.8, 4) is 17.2 Å². The van der Waals surface area contributed by atoms with Crippen LogP contribution in [0, 0.1) is 11.3 Å². The highest BCUT2D eigenvalue weighted by Gasteiger charge is 2.33. The zero-order chi connectivity index (χ0) is 23.6. The van der Waals surface area contributed by atoms with Gasteiger partial charge in [-0.1, -0.05) is 27.2 Å². The highest BCUT2D eigenvalue weighted by molar-refractivity contribution is 7.19. The molecule has 1 N–H and O–H groups in total. The summed E-state index contributed by atoms with van der Waals surface area (Å²) in [5.41, 5.74) is 5.68. The second-order valence-electron chi connectivity index (χ2n) is 9.02. The first-order valence-corrected chi connectivity index (χ1v) is 12.1. The molecular weight excluding hydrogens is 436 g/mol. The van der Waals surface area contributed by atoms with E-state index in [1.54, 1.807) is 45.2 Å². The van der Waals surface area contributed by atoms with Crippen molar-refractivity contribution < 1.29 is 14.2 Å². The van der Waals surface area contributed by atoms with Crippen LogP contribution < -0.4 is 19.6 Å². The maximum atomic E-state index is 5.43. The van der Waals surface area contributed by atoms with E-state index in [1.807, 2.05) is 12.1 Å². The molecule has 1 aliphatic carbocycles. The van der Waals surface area contributed by atoms with Gasteiger partial charge in [0.1, 0.15) is 11.2 Å². The van der Waals surface area contributed by atoms with E-state index in [4.69, 9.17) is 14.2 Å². The molecule has 2 heterocycles. The van der Waals surface area contributed by atoms with Crippen LogP contribution in [-0.2, 0) is 12.8 Å². The monoisotopic (exact) mass is 468 g/mol. The number of aryl methyl sites for hydroxylation is 1. The van der Waals surface area contributed by atoms with Crippen molar-refractivity contribution in [3.63, 3.8) is 0 Å². The van der Waals surface area contributed by atoms with Gasteiger partial charge in [0.25, 0.3) is 0 Å². The largest absolute Gasteiger partial charge is 0.493 e. The lowest BCUT2D eigenvalue weighted by molar-refractivity contribution is 0.184. The second kappa shape index (κ2) is 9.55. The van der Waals surface area contributed by atoms with E-state index in [0.29, 0.717) is 28.6 Å². The van der Waals surface area contributed by atoms with Gasteiger partial charge in [0.15, 0.2) is 17.3 Å². The third kappa shape index (κ3) is 4.49. The Bertz CT molecular complexity index is 1150. The van der Waals surface area contributed by atoms with Crippen LogP contribution in [0.2, 0.25) is 0 Å². The molecule has 0 saturated carbocycles. The van der Waals surface area contributed by atoms with E-state index in [-0.39, 0.29) is 0 Å². The van der Waals surface area contributed by atoms with Gasteiger partial charge in [0.2, 0.25) is 5.75 Å². The van der Waals surface area contributed by atoms with Crippen molar-refractivity contribution >= 4 is 33.6 Å². The van der Waals surface area contributed by atoms with Gasteiger partial charge < -0.3 is 14.2 Å². The molecule has 2 aromatic heterocycles. The fourth-order valence-electron chi connectivity index (χ4n) is 4.49. The van der Waals surface area contributed by atoms with Crippen LogP contribution in [0.3, 0.4) is 0 Å². The van der Waals surface area contributed by atoms with E-state index >= 15 is 0 Å². The Morgan fingerprint density at radius 1 is 1.15 bits per heavy atom. The molecule has 4 rings (SSSR count). The van der Waals surface area contributed by atoms with Crippen molar-refractivity contribution in [1.82, 2.24) is 9.97 Å². The number of hydrogen-bond acceptors (Lipinski definition) is 8. The van der Waals surface area contributed by atoms with Gasteiger partial charge in [-0.15, -0.1) is 11.3 Å². The fourth-order valence-corrected chi connectivity index (χ4v) is 5.68. The van der Waals surface area contributed by atoms with Crippen LogP contribution in [0.4, 0.5) is 5.82 Å². The predicted molar refractivity (Wildman–Crippen MR) is 134 cm³/mol. The number of fused-ring (bicyclic) bond motifs is 3. The van der Waals surface area contributed by atoms with Crippen molar-refractivity contribution in [2.24, 2.45) is 16.4 Å². The fraction of sp³-hybridized carbons (Fsp3) is 0.480. The maximum absolute atomic E-state index is 5.43. The number of nitrogens with one attached hydrogen (secondary N) is 1. The summed E-state index contributed by atoms with van der Waals surface area (Å²) in [6, 6.07) is 3.71. The Hall–Kier alpha value is -2.87. The van der Waals surface area contributed by atoms with E-state index in [1.165, 1.54) is 23.3 Å². The zero-order valence-electron chi connectivity index (χ0n) is 20.2. The summed E-state index contributed by atoms with van der Waals surface area (Å²) in [4.78, 5) is 11.5. The quantitative estimate of drug-likeness (QED) is 0.337. The van der Waals surface area contributed by atoms with Crippen molar-refractivity contribution in [1.29, 1.82) is 0 Å². The molecule has 3 aromatic rings. The maximum Gasteiger partial charge on any atom is 0.203 e. The lowest BCUT2D eigenvalue weighted by Crippen LogP contribution is -2.28. The number of benzene rings is 1. The van der Waals surface area contributed by atoms with Gasteiger partial charge >= 0.3 is 0 Å². The van der Waals surface area contributed by atoms with Gasteiger partial charge in [-0.25, -0.2) is 9.97 Å². The highest BCUT2D eigenvalue weighted by Crippen LogP contribution is 2.45. The number of aromatic nitrogens is 2. The van der Waals surface area contributed by atoms with Gasteiger partial charge in [0, 0.05) is 10.4 Å². The summed E-state index contributed by atoms with van der Waals surface area (Å²) < 4.78 is 16.3. The van der Waals surface area contributed by atoms with Crippen LogP contribution in [0.25, 0.3) is 10.2 Å². The average molecular weight is 469 g/mol. The van der Waals surface area contributed by atoms with Crippen LogP contribution in [0.5, 0.6) is 17.2 Å². The summed E-state index contributed by atoms with van der Waals surface area (Å²) in [7, 11) is 4.78. The Balaban J connectivity index is 1.63. The topological polar surface area (TPSA) is 77.9 Å². The lowest BCUT2D eigenvalue weighted by Gasteiger charge is -2.36.